The van der Waals surface area contributed by atoms with Gasteiger partial charge in [-0.05, 0) is 7.05 Å². The second-order valence-electron chi connectivity index (χ2n) is 4.90. The maximum absolute atomic E-state index is 11.9. The number of carbonyl (C=O) groups is 1. The van der Waals surface area contributed by atoms with E-state index in [1.807, 2.05) is 4.90 Å². The first kappa shape index (κ1) is 13.7. The molecule has 6 nitrogen and oxygen atoms in total. The zero-order valence-electron chi connectivity index (χ0n) is 11.1. The second kappa shape index (κ2) is 7.04. The molecule has 1 atom stereocenters. The van der Waals surface area contributed by atoms with E-state index >= 15 is 0 Å². The molecule has 2 saturated heterocycles. The minimum absolute atomic E-state index is 0.0824. The Morgan fingerprint density at radius 3 is 2.83 bits per heavy atom. The Labute approximate surface area is 108 Å². The number of nitrogens with one attached hydrogen (secondary N) is 1. The topological polar surface area (TPSA) is 54.0 Å². The number of piperazine rings is 1. The van der Waals surface area contributed by atoms with Crippen LogP contribution in [0, 0.1) is 0 Å². The number of ether oxygens (including phenoxy) is 2. The molecule has 1 amide bonds. The van der Waals surface area contributed by atoms with Crippen LogP contribution >= 0.6 is 0 Å². The Morgan fingerprint density at radius 2 is 2.17 bits per heavy atom. The normalized spacial score (nSPS) is 26.3. The molecule has 2 rings (SSSR count). The Kier molecular flexibility index (Phi) is 5.37. The third-order valence-electron chi connectivity index (χ3n) is 3.39. The van der Waals surface area contributed by atoms with Gasteiger partial charge in [-0.15, -0.1) is 0 Å². The van der Waals surface area contributed by atoms with Crippen LogP contribution in [0.2, 0.25) is 0 Å². The van der Waals surface area contributed by atoms with Gasteiger partial charge in [-0.25, -0.2) is 0 Å². The minimum Gasteiger partial charge on any atom is -0.373 e. The Hall–Kier alpha value is -0.690. The lowest BCUT2D eigenvalue weighted by molar-refractivity contribution is -0.139. The van der Waals surface area contributed by atoms with E-state index in [9.17, 15) is 4.79 Å². The molecule has 2 heterocycles. The number of morpholine rings is 1. The van der Waals surface area contributed by atoms with Crippen LogP contribution in [0.15, 0.2) is 0 Å². The average molecular weight is 257 g/mol. The van der Waals surface area contributed by atoms with Crippen molar-refractivity contribution in [2.24, 2.45) is 0 Å². The molecular formula is C12H23N3O3. The minimum atomic E-state index is 0.0824. The lowest BCUT2D eigenvalue weighted by atomic mass is 10.3. The zero-order chi connectivity index (χ0) is 12.8. The molecule has 0 aromatic rings. The van der Waals surface area contributed by atoms with Gasteiger partial charge in [0.2, 0.25) is 5.91 Å². The molecule has 0 aliphatic carbocycles. The van der Waals surface area contributed by atoms with E-state index in [0.717, 1.165) is 45.9 Å². The highest BCUT2D eigenvalue weighted by molar-refractivity contribution is 5.77. The summed E-state index contributed by atoms with van der Waals surface area (Å²) in [5.74, 6) is 0.0897. The highest BCUT2D eigenvalue weighted by atomic mass is 16.5. The van der Waals surface area contributed by atoms with E-state index in [0.29, 0.717) is 6.61 Å². The van der Waals surface area contributed by atoms with Gasteiger partial charge < -0.3 is 24.6 Å². The number of hydrogen-bond donors (Lipinski definition) is 1. The van der Waals surface area contributed by atoms with Crippen molar-refractivity contribution in [2.45, 2.75) is 6.10 Å². The van der Waals surface area contributed by atoms with Crippen LogP contribution in [0.3, 0.4) is 0 Å². The Balaban J connectivity index is 1.59. The summed E-state index contributed by atoms with van der Waals surface area (Å²) in [5.41, 5.74) is 0. The Morgan fingerprint density at radius 1 is 1.39 bits per heavy atom. The van der Waals surface area contributed by atoms with E-state index in [-0.39, 0.29) is 18.6 Å². The van der Waals surface area contributed by atoms with Gasteiger partial charge in [0.1, 0.15) is 6.61 Å². The van der Waals surface area contributed by atoms with Crippen molar-refractivity contribution < 1.29 is 14.3 Å². The maximum Gasteiger partial charge on any atom is 0.248 e. The fourth-order valence-electron chi connectivity index (χ4n) is 2.15. The Bertz CT molecular complexity index is 261. The van der Waals surface area contributed by atoms with Crippen LogP contribution < -0.4 is 5.32 Å². The van der Waals surface area contributed by atoms with Gasteiger partial charge >= 0.3 is 0 Å². The molecule has 18 heavy (non-hydrogen) atoms. The van der Waals surface area contributed by atoms with Crippen molar-refractivity contribution in [1.82, 2.24) is 15.1 Å². The van der Waals surface area contributed by atoms with Crippen molar-refractivity contribution in [1.29, 1.82) is 0 Å². The summed E-state index contributed by atoms with van der Waals surface area (Å²) in [7, 11) is 2.08. The van der Waals surface area contributed by atoms with Crippen molar-refractivity contribution >= 4 is 5.91 Å². The lowest BCUT2D eigenvalue weighted by Crippen LogP contribution is -2.48. The molecule has 1 N–H and O–H groups in total. The van der Waals surface area contributed by atoms with Gasteiger partial charge in [-0.2, -0.15) is 0 Å². The molecule has 0 aromatic carbocycles. The lowest BCUT2D eigenvalue weighted by Gasteiger charge is -2.32. The summed E-state index contributed by atoms with van der Waals surface area (Å²) in [6.07, 6.45) is 0.0824. The number of likely N-dealkylation sites (N-methyl/N-ethyl adjacent to an activating group) is 1. The molecule has 2 aliphatic heterocycles. The third-order valence-corrected chi connectivity index (χ3v) is 3.39. The monoisotopic (exact) mass is 257 g/mol. The predicted molar refractivity (Wildman–Crippen MR) is 67.5 cm³/mol. The van der Waals surface area contributed by atoms with E-state index in [2.05, 4.69) is 17.3 Å². The third kappa shape index (κ3) is 4.20. The SMILES string of the molecule is CN1CCN(C(=O)COCC2CNCCO2)CC1. The molecule has 0 saturated carbocycles. The summed E-state index contributed by atoms with van der Waals surface area (Å²) < 4.78 is 10.9. The summed E-state index contributed by atoms with van der Waals surface area (Å²) in [6, 6.07) is 0. The number of rotatable bonds is 4. The molecule has 1 unspecified atom stereocenters. The van der Waals surface area contributed by atoms with Crippen LogP contribution in [-0.2, 0) is 14.3 Å². The van der Waals surface area contributed by atoms with Gasteiger partial charge in [0, 0.05) is 39.3 Å². The molecule has 0 aromatic heterocycles. The largest absolute Gasteiger partial charge is 0.373 e. The summed E-state index contributed by atoms with van der Waals surface area (Å²) in [5, 5.41) is 3.24. The van der Waals surface area contributed by atoms with Crippen LogP contribution in [0.4, 0.5) is 0 Å². The van der Waals surface area contributed by atoms with Gasteiger partial charge in [0.25, 0.3) is 0 Å². The van der Waals surface area contributed by atoms with E-state index in [1.165, 1.54) is 0 Å². The maximum atomic E-state index is 11.9. The smallest absolute Gasteiger partial charge is 0.248 e. The summed E-state index contributed by atoms with van der Waals surface area (Å²) in [6.45, 7) is 6.60. The second-order valence-corrected chi connectivity index (χ2v) is 4.90. The van der Waals surface area contributed by atoms with Gasteiger partial charge in [-0.1, -0.05) is 0 Å². The van der Waals surface area contributed by atoms with Crippen molar-refractivity contribution in [3.8, 4) is 0 Å². The molecule has 0 bridgehead atoms. The van der Waals surface area contributed by atoms with Crippen LogP contribution in [0.5, 0.6) is 0 Å². The number of amides is 1. The summed E-state index contributed by atoms with van der Waals surface area (Å²) in [4.78, 5) is 16.0. The average Bonchev–Trinajstić information content (AvgIpc) is 2.40. The molecule has 0 spiro atoms. The highest BCUT2D eigenvalue weighted by Crippen LogP contribution is 2.01. The van der Waals surface area contributed by atoms with Crippen molar-refractivity contribution in [3.05, 3.63) is 0 Å². The van der Waals surface area contributed by atoms with Gasteiger partial charge in [0.15, 0.2) is 0 Å². The highest BCUT2D eigenvalue weighted by Gasteiger charge is 2.20. The van der Waals surface area contributed by atoms with Gasteiger partial charge in [0.05, 0.1) is 19.3 Å². The molecule has 2 fully saturated rings. The molecular weight excluding hydrogens is 234 g/mol. The quantitative estimate of drug-likeness (QED) is 0.683. The van der Waals surface area contributed by atoms with Crippen LogP contribution in [0.1, 0.15) is 0 Å². The first-order valence-corrected chi connectivity index (χ1v) is 6.62. The predicted octanol–water partition coefficient (Wildman–Crippen LogP) is -1.23. The first-order chi connectivity index (χ1) is 8.75. The zero-order valence-corrected chi connectivity index (χ0v) is 11.1. The first-order valence-electron chi connectivity index (χ1n) is 6.62. The van der Waals surface area contributed by atoms with Crippen LogP contribution in [0.25, 0.3) is 0 Å². The standard InChI is InChI=1S/C12H23N3O3/c1-14-3-5-15(6-4-14)12(16)10-17-9-11-8-13-2-7-18-11/h11,13H,2-10H2,1H3. The summed E-state index contributed by atoms with van der Waals surface area (Å²) >= 11 is 0. The molecule has 6 heteroatoms. The molecule has 2 aliphatic rings. The van der Waals surface area contributed by atoms with E-state index < -0.39 is 0 Å². The fraction of sp³-hybridized carbons (Fsp3) is 0.917. The van der Waals surface area contributed by atoms with Gasteiger partial charge in [-0.3, -0.25) is 4.79 Å². The fourth-order valence-corrected chi connectivity index (χ4v) is 2.15. The number of hydrogen-bond acceptors (Lipinski definition) is 5. The van der Waals surface area contributed by atoms with E-state index in [4.69, 9.17) is 9.47 Å². The van der Waals surface area contributed by atoms with Crippen LogP contribution in [-0.4, -0.2) is 87.9 Å². The number of carbonyl (C=O) groups excluding carboxylic acids is 1. The van der Waals surface area contributed by atoms with Crippen molar-refractivity contribution in [3.63, 3.8) is 0 Å². The molecule has 0 radical (unpaired) electrons. The number of nitrogens with zero attached hydrogens (tertiary/aromatic N) is 2. The molecule has 104 valence electrons. The van der Waals surface area contributed by atoms with Crippen molar-refractivity contribution in [2.75, 3.05) is 66.1 Å². The van der Waals surface area contributed by atoms with E-state index in [1.54, 1.807) is 0 Å².